The van der Waals surface area contributed by atoms with Gasteiger partial charge in [0.1, 0.15) is 17.1 Å². The van der Waals surface area contributed by atoms with Crippen molar-refractivity contribution in [3.63, 3.8) is 0 Å². The van der Waals surface area contributed by atoms with E-state index in [0.29, 0.717) is 6.42 Å². The third kappa shape index (κ3) is 3.70. The lowest BCUT2D eigenvalue weighted by molar-refractivity contribution is -0.155. The first-order valence-electron chi connectivity index (χ1n) is 10.9. The number of ketones is 3. The van der Waals surface area contributed by atoms with Gasteiger partial charge in [-0.3, -0.25) is 19.2 Å². The third-order valence-electron chi connectivity index (χ3n) is 6.41. The Morgan fingerprint density at radius 1 is 1.00 bits per heavy atom. The van der Waals surface area contributed by atoms with Crippen LogP contribution in [-0.4, -0.2) is 50.8 Å². The summed E-state index contributed by atoms with van der Waals surface area (Å²) < 4.78 is 4.97. The van der Waals surface area contributed by atoms with E-state index in [2.05, 4.69) is 0 Å². The Balaban J connectivity index is 1.67. The number of carbonyl (C=O) groups is 4. The van der Waals surface area contributed by atoms with Gasteiger partial charge in [-0.1, -0.05) is 37.6 Å². The van der Waals surface area contributed by atoms with E-state index in [1.807, 2.05) is 6.92 Å². The van der Waals surface area contributed by atoms with Crippen molar-refractivity contribution >= 4 is 23.3 Å². The van der Waals surface area contributed by atoms with Crippen LogP contribution in [0.25, 0.3) is 0 Å². The Morgan fingerprint density at radius 3 is 2.15 bits per heavy atom. The minimum absolute atomic E-state index is 0.0167. The van der Waals surface area contributed by atoms with Crippen molar-refractivity contribution in [2.45, 2.75) is 51.0 Å². The van der Waals surface area contributed by atoms with Crippen LogP contribution in [0.3, 0.4) is 0 Å². The third-order valence-corrected chi connectivity index (χ3v) is 6.41. The number of fused-ring (bicyclic) bond motifs is 3. The number of rotatable bonds is 6. The molecule has 1 atom stereocenters. The molecule has 0 saturated carbocycles. The van der Waals surface area contributed by atoms with Crippen LogP contribution in [0.4, 0.5) is 0 Å². The van der Waals surface area contributed by atoms with Gasteiger partial charge in [0.25, 0.3) is 0 Å². The predicted octanol–water partition coefficient (Wildman–Crippen LogP) is 2.40. The standard InChI is InChI=1S/C25H24O8/c1-2-3-8-18(27)33-12-17(26)25(32)10-9-15-16(11-25)24(31)20-19(23(15)30)21(28)13-6-4-5-7-14(13)22(20)29/h4-7,30-32H,2-3,8-12H2,1H3/t25-/m1/s1. The maximum atomic E-state index is 13.1. The highest BCUT2D eigenvalue weighted by Gasteiger charge is 2.45. The maximum absolute atomic E-state index is 13.1. The Bertz CT molecular complexity index is 1200. The van der Waals surface area contributed by atoms with E-state index in [-0.39, 0.29) is 59.1 Å². The van der Waals surface area contributed by atoms with E-state index in [1.165, 1.54) is 12.1 Å². The fraction of sp³-hybridized carbons (Fsp3) is 0.360. The number of unbranched alkanes of at least 4 members (excludes halogenated alkanes) is 1. The number of phenolic OH excluding ortho intramolecular Hbond substituents is 2. The molecule has 3 N–H and O–H groups in total. The highest BCUT2D eigenvalue weighted by molar-refractivity contribution is 6.30. The van der Waals surface area contributed by atoms with Crippen LogP contribution in [0.5, 0.6) is 11.5 Å². The van der Waals surface area contributed by atoms with Crippen LogP contribution in [-0.2, 0) is 27.2 Å². The molecule has 0 heterocycles. The molecule has 8 nitrogen and oxygen atoms in total. The molecule has 0 saturated heterocycles. The van der Waals surface area contributed by atoms with Crippen LogP contribution in [0.15, 0.2) is 24.3 Å². The summed E-state index contributed by atoms with van der Waals surface area (Å²) in [5.41, 5.74) is -2.07. The van der Waals surface area contributed by atoms with E-state index in [0.717, 1.165) is 6.42 Å². The summed E-state index contributed by atoms with van der Waals surface area (Å²) in [5.74, 6) is -3.43. The molecule has 2 aromatic carbocycles. The Hall–Kier alpha value is -3.52. The molecule has 0 aromatic heterocycles. The fourth-order valence-electron chi connectivity index (χ4n) is 4.50. The van der Waals surface area contributed by atoms with E-state index in [9.17, 15) is 34.5 Å². The number of ether oxygens (including phenoxy) is 1. The highest BCUT2D eigenvalue weighted by Crippen LogP contribution is 2.47. The highest BCUT2D eigenvalue weighted by atomic mass is 16.5. The van der Waals surface area contributed by atoms with Gasteiger partial charge in [-0.2, -0.15) is 0 Å². The van der Waals surface area contributed by atoms with Gasteiger partial charge in [0, 0.05) is 35.1 Å². The molecule has 33 heavy (non-hydrogen) atoms. The zero-order valence-corrected chi connectivity index (χ0v) is 18.1. The van der Waals surface area contributed by atoms with Gasteiger partial charge in [-0.05, 0) is 19.3 Å². The summed E-state index contributed by atoms with van der Waals surface area (Å²) in [6.07, 6.45) is 1.08. The first-order valence-corrected chi connectivity index (χ1v) is 10.9. The Labute approximate surface area is 189 Å². The smallest absolute Gasteiger partial charge is 0.306 e. The number of hydrogen-bond acceptors (Lipinski definition) is 8. The normalized spacial score (nSPS) is 18.8. The second-order valence-electron chi connectivity index (χ2n) is 8.50. The molecule has 0 radical (unpaired) electrons. The van der Waals surface area contributed by atoms with Gasteiger partial charge in [0.15, 0.2) is 18.2 Å². The van der Waals surface area contributed by atoms with Crippen LogP contribution in [0.1, 0.15) is 75.6 Å². The molecule has 0 amide bonds. The number of aliphatic hydroxyl groups is 1. The van der Waals surface area contributed by atoms with Crippen LogP contribution < -0.4 is 0 Å². The second-order valence-corrected chi connectivity index (χ2v) is 8.50. The number of carbonyl (C=O) groups excluding carboxylic acids is 4. The molecule has 8 heteroatoms. The van der Waals surface area contributed by atoms with Crippen molar-refractivity contribution in [2.24, 2.45) is 0 Å². The van der Waals surface area contributed by atoms with E-state index in [1.54, 1.807) is 12.1 Å². The quantitative estimate of drug-likeness (QED) is 0.383. The summed E-state index contributed by atoms with van der Waals surface area (Å²) in [7, 11) is 0. The van der Waals surface area contributed by atoms with Crippen LogP contribution in [0.2, 0.25) is 0 Å². The number of benzene rings is 2. The molecular weight excluding hydrogens is 428 g/mol. The van der Waals surface area contributed by atoms with Crippen molar-refractivity contribution in [2.75, 3.05) is 6.61 Å². The topological polar surface area (TPSA) is 138 Å². The lowest BCUT2D eigenvalue weighted by atomic mass is 9.73. The van der Waals surface area contributed by atoms with Crippen molar-refractivity contribution < 1.29 is 39.2 Å². The minimum atomic E-state index is -1.95. The number of esters is 1. The second kappa shape index (κ2) is 8.44. The SMILES string of the molecule is CCCCC(=O)OCC(=O)[C@@]1(O)CCc2c(O)c3c(c(O)c2C1)C(=O)c1ccccc1C3=O. The maximum Gasteiger partial charge on any atom is 0.306 e. The van der Waals surface area contributed by atoms with Gasteiger partial charge >= 0.3 is 5.97 Å². The molecule has 2 aliphatic carbocycles. The van der Waals surface area contributed by atoms with Crippen molar-refractivity contribution in [1.29, 1.82) is 0 Å². The average molecular weight is 452 g/mol. The largest absolute Gasteiger partial charge is 0.507 e. The number of Topliss-reactive ketones (excluding diaryl/α,β-unsaturated/α-hetero) is 1. The van der Waals surface area contributed by atoms with Gasteiger partial charge in [0.2, 0.25) is 5.78 Å². The van der Waals surface area contributed by atoms with Crippen LogP contribution >= 0.6 is 0 Å². The number of phenols is 2. The molecule has 4 rings (SSSR count). The van der Waals surface area contributed by atoms with Gasteiger partial charge in [-0.15, -0.1) is 0 Å². The van der Waals surface area contributed by atoms with Crippen LogP contribution in [0, 0.1) is 0 Å². The van der Waals surface area contributed by atoms with E-state index < -0.39 is 47.0 Å². The molecule has 172 valence electrons. The predicted molar refractivity (Wildman–Crippen MR) is 116 cm³/mol. The van der Waals surface area contributed by atoms with E-state index in [4.69, 9.17) is 4.74 Å². The first-order chi connectivity index (χ1) is 15.7. The molecule has 0 fully saturated rings. The molecule has 2 aliphatic rings. The van der Waals surface area contributed by atoms with Crippen molar-refractivity contribution in [1.82, 2.24) is 0 Å². The van der Waals surface area contributed by atoms with Gasteiger partial charge < -0.3 is 20.1 Å². The lowest BCUT2D eigenvalue weighted by Gasteiger charge is -2.34. The molecule has 0 bridgehead atoms. The number of aromatic hydroxyl groups is 2. The van der Waals surface area contributed by atoms with Gasteiger partial charge in [0.05, 0.1) is 11.1 Å². The zero-order chi connectivity index (χ0) is 23.9. The minimum Gasteiger partial charge on any atom is -0.507 e. The number of hydrogen-bond donors (Lipinski definition) is 3. The summed E-state index contributed by atoms with van der Waals surface area (Å²) in [6, 6.07) is 6.13. The monoisotopic (exact) mass is 452 g/mol. The van der Waals surface area contributed by atoms with Crippen molar-refractivity contribution in [3.05, 3.63) is 57.6 Å². The molecule has 2 aromatic rings. The summed E-state index contributed by atoms with van der Waals surface area (Å²) >= 11 is 0. The Kier molecular flexibility index (Phi) is 5.80. The first kappa shape index (κ1) is 22.7. The molecule has 0 aliphatic heterocycles. The summed E-state index contributed by atoms with van der Waals surface area (Å²) in [4.78, 5) is 50.5. The zero-order valence-electron chi connectivity index (χ0n) is 18.1. The average Bonchev–Trinajstić information content (AvgIpc) is 2.81. The molecular formula is C25H24O8. The Morgan fingerprint density at radius 2 is 1.58 bits per heavy atom. The summed E-state index contributed by atoms with van der Waals surface area (Å²) in [5, 5.41) is 32.8. The fourth-order valence-corrected chi connectivity index (χ4v) is 4.50. The summed E-state index contributed by atoms with van der Waals surface area (Å²) in [6.45, 7) is 1.30. The van der Waals surface area contributed by atoms with Gasteiger partial charge in [-0.25, -0.2) is 0 Å². The lowest BCUT2D eigenvalue weighted by Crippen LogP contribution is -2.46. The van der Waals surface area contributed by atoms with E-state index >= 15 is 0 Å². The van der Waals surface area contributed by atoms with Crippen molar-refractivity contribution in [3.8, 4) is 11.5 Å². The molecule has 0 spiro atoms. The molecule has 0 unspecified atom stereocenters.